The fourth-order valence-electron chi connectivity index (χ4n) is 1.59. The maximum Gasteiger partial charge on any atom is 0.250 e. The van der Waals surface area contributed by atoms with E-state index in [0.29, 0.717) is 17.3 Å². The van der Waals surface area contributed by atoms with Gasteiger partial charge in [-0.1, -0.05) is 0 Å². The molecule has 3 aromatic rings. The number of aldehydes is 1. The van der Waals surface area contributed by atoms with Gasteiger partial charge in [0.15, 0.2) is 16.9 Å². The van der Waals surface area contributed by atoms with E-state index in [0.717, 1.165) is 16.9 Å². The minimum absolute atomic E-state index is 0.308. The van der Waals surface area contributed by atoms with E-state index in [1.807, 2.05) is 18.4 Å². The first-order valence-corrected chi connectivity index (χ1v) is 6.17. The quantitative estimate of drug-likeness (QED) is 0.678. The van der Waals surface area contributed by atoms with Crippen LogP contribution < -0.4 is 4.74 Å². The molecule has 18 heavy (non-hydrogen) atoms. The van der Waals surface area contributed by atoms with E-state index in [1.54, 1.807) is 22.9 Å². The van der Waals surface area contributed by atoms with E-state index in [-0.39, 0.29) is 0 Å². The first-order chi connectivity index (χ1) is 8.78. The van der Waals surface area contributed by atoms with Crippen LogP contribution in [0, 0.1) is 6.92 Å². The molecule has 0 N–H and O–H groups in total. The summed E-state index contributed by atoms with van der Waals surface area (Å²) in [5, 5.41) is 1.87. The van der Waals surface area contributed by atoms with Crippen molar-refractivity contribution in [1.82, 2.24) is 14.4 Å². The number of carbonyl (C=O) groups excluding carboxylic acids is 1. The monoisotopic (exact) mass is 259 g/mol. The number of pyridine rings is 1. The molecule has 3 heterocycles. The Kier molecular flexibility index (Phi) is 2.56. The lowest BCUT2D eigenvalue weighted by molar-refractivity contribution is 0.111. The predicted octanol–water partition coefficient (Wildman–Crippen LogP) is 2.70. The minimum Gasteiger partial charge on any atom is -0.435 e. The number of ether oxygens (including phenoxy) is 1. The highest BCUT2D eigenvalue weighted by Crippen LogP contribution is 2.26. The molecule has 6 heteroatoms. The van der Waals surface area contributed by atoms with Crippen molar-refractivity contribution in [2.45, 2.75) is 6.92 Å². The molecular formula is C12H9N3O2S. The van der Waals surface area contributed by atoms with Crippen LogP contribution in [0.1, 0.15) is 16.2 Å². The number of thiazole rings is 1. The van der Waals surface area contributed by atoms with Gasteiger partial charge in [0.25, 0.3) is 0 Å². The molecule has 3 aromatic heterocycles. The van der Waals surface area contributed by atoms with Gasteiger partial charge >= 0.3 is 0 Å². The zero-order valence-electron chi connectivity index (χ0n) is 9.53. The second kappa shape index (κ2) is 4.23. The molecule has 3 rings (SSSR count). The van der Waals surface area contributed by atoms with Gasteiger partial charge in [-0.2, -0.15) is 4.98 Å². The lowest BCUT2D eigenvalue weighted by Crippen LogP contribution is -1.92. The van der Waals surface area contributed by atoms with Crippen LogP contribution in [0.4, 0.5) is 0 Å². The van der Waals surface area contributed by atoms with Gasteiger partial charge in [0, 0.05) is 17.3 Å². The molecule has 0 aliphatic carbocycles. The van der Waals surface area contributed by atoms with Crippen molar-refractivity contribution in [3.63, 3.8) is 0 Å². The molecule has 0 aliphatic rings. The predicted molar refractivity (Wildman–Crippen MR) is 67.5 cm³/mol. The molecular weight excluding hydrogens is 250 g/mol. The Hall–Kier alpha value is -2.21. The molecule has 0 aliphatic heterocycles. The summed E-state index contributed by atoms with van der Waals surface area (Å²) in [6.45, 7) is 1.90. The Bertz CT molecular complexity index is 700. The maximum absolute atomic E-state index is 11.1. The number of rotatable bonds is 3. The molecule has 90 valence electrons. The van der Waals surface area contributed by atoms with Crippen LogP contribution in [0.2, 0.25) is 0 Å². The van der Waals surface area contributed by atoms with Gasteiger partial charge in [-0.05, 0) is 19.1 Å². The molecule has 0 bridgehead atoms. The van der Waals surface area contributed by atoms with Crippen LogP contribution in [0.25, 0.3) is 4.96 Å². The second-order valence-corrected chi connectivity index (χ2v) is 4.59. The van der Waals surface area contributed by atoms with Crippen molar-refractivity contribution in [3.05, 3.63) is 41.3 Å². The Morgan fingerprint density at radius 1 is 1.44 bits per heavy atom. The lowest BCUT2D eigenvalue weighted by Gasteiger charge is -2.02. The highest BCUT2D eigenvalue weighted by molar-refractivity contribution is 7.15. The van der Waals surface area contributed by atoms with Gasteiger partial charge in [0.05, 0.1) is 6.20 Å². The van der Waals surface area contributed by atoms with Gasteiger partial charge in [0.1, 0.15) is 5.75 Å². The number of hydrogen-bond acceptors (Lipinski definition) is 5. The van der Waals surface area contributed by atoms with Crippen molar-refractivity contribution in [2.24, 2.45) is 0 Å². The number of aryl methyl sites for hydroxylation is 1. The van der Waals surface area contributed by atoms with Crippen molar-refractivity contribution < 1.29 is 9.53 Å². The summed E-state index contributed by atoms with van der Waals surface area (Å²) < 4.78 is 7.28. The van der Waals surface area contributed by atoms with Gasteiger partial charge in [-0.3, -0.25) is 14.2 Å². The van der Waals surface area contributed by atoms with Crippen LogP contribution in [0.5, 0.6) is 11.6 Å². The standard InChI is InChI=1S/C12H9N3O2S/c1-8-2-3-9(6-13-8)17-11-10(7-16)15-4-5-18-12(15)14-11/h2-7H,1H3. The molecule has 0 saturated heterocycles. The Balaban J connectivity index is 2.01. The summed E-state index contributed by atoms with van der Waals surface area (Å²) in [4.78, 5) is 20.2. The number of fused-ring (bicyclic) bond motifs is 1. The van der Waals surface area contributed by atoms with Crippen LogP contribution in [-0.2, 0) is 0 Å². The molecule has 0 saturated carbocycles. The largest absolute Gasteiger partial charge is 0.435 e. The number of carbonyl (C=O) groups is 1. The van der Waals surface area contributed by atoms with Crippen LogP contribution in [0.3, 0.4) is 0 Å². The normalized spacial score (nSPS) is 10.7. The van der Waals surface area contributed by atoms with Gasteiger partial charge in [-0.25, -0.2) is 0 Å². The molecule has 0 amide bonds. The number of aromatic nitrogens is 3. The molecule has 0 atom stereocenters. The summed E-state index contributed by atoms with van der Waals surface area (Å²) in [6.07, 6.45) is 4.14. The van der Waals surface area contributed by atoms with Gasteiger partial charge in [0.2, 0.25) is 5.88 Å². The third-order valence-electron chi connectivity index (χ3n) is 2.48. The Labute approximate surface area is 107 Å². The SMILES string of the molecule is Cc1ccc(Oc2nc3sccn3c2C=O)cn1. The average Bonchev–Trinajstić information content (AvgIpc) is 2.92. The fourth-order valence-corrected chi connectivity index (χ4v) is 2.30. The zero-order chi connectivity index (χ0) is 12.5. The highest BCUT2D eigenvalue weighted by Gasteiger charge is 2.14. The van der Waals surface area contributed by atoms with E-state index in [4.69, 9.17) is 4.74 Å². The van der Waals surface area contributed by atoms with E-state index in [1.165, 1.54) is 11.3 Å². The first kappa shape index (κ1) is 10.9. The van der Waals surface area contributed by atoms with Crippen molar-refractivity contribution in [2.75, 3.05) is 0 Å². The van der Waals surface area contributed by atoms with Crippen molar-refractivity contribution in [1.29, 1.82) is 0 Å². The van der Waals surface area contributed by atoms with E-state index >= 15 is 0 Å². The summed E-state index contributed by atoms with van der Waals surface area (Å²) in [6, 6.07) is 3.64. The Morgan fingerprint density at radius 3 is 3.06 bits per heavy atom. The van der Waals surface area contributed by atoms with Crippen LogP contribution in [-0.4, -0.2) is 20.7 Å². The summed E-state index contributed by atoms with van der Waals surface area (Å²) in [5.74, 6) is 0.872. The van der Waals surface area contributed by atoms with Gasteiger partial charge < -0.3 is 4.74 Å². The molecule has 0 radical (unpaired) electrons. The lowest BCUT2D eigenvalue weighted by atomic mass is 10.4. The van der Waals surface area contributed by atoms with E-state index in [9.17, 15) is 4.79 Å². The summed E-state index contributed by atoms with van der Waals surface area (Å²) >= 11 is 1.45. The topological polar surface area (TPSA) is 56.5 Å². The molecule has 0 unspecified atom stereocenters. The molecule has 5 nitrogen and oxygen atoms in total. The average molecular weight is 259 g/mol. The van der Waals surface area contributed by atoms with Crippen molar-refractivity contribution in [3.8, 4) is 11.6 Å². The van der Waals surface area contributed by atoms with E-state index < -0.39 is 0 Å². The Morgan fingerprint density at radius 2 is 2.33 bits per heavy atom. The van der Waals surface area contributed by atoms with Crippen LogP contribution >= 0.6 is 11.3 Å². The molecule has 0 spiro atoms. The van der Waals surface area contributed by atoms with Crippen LogP contribution in [0.15, 0.2) is 29.9 Å². The number of hydrogen-bond donors (Lipinski definition) is 0. The van der Waals surface area contributed by atoms with Crippen molar-refractivity contribution >= 4 is 22.6 Å². The smallest absolute Gasteiger partial charge is 0.250 e. The minimum atomic E-state index is 0.308. The van der Waals surface area contributed by atoms with Gasteiger partial charge in [-0.15, -0.1) is 11.3 Å². The first-order valence-electron chi connectivity index (χ1n) is 5.29. The maximum atomic E-state index is 11.1. The second-order valence-electron chi connectivity index (χ2n) is 3.71. The number of nitrogens with zero attached hydrogens (tertiary/aromatic N) is 3. The highest BCUT2D eigenvalue weighted by atomic mass is 32.1. The fraction of sp³-hybridized carbons (Fsp3) is 0.0833. The molecule has 0 aromatic carbocycles. The molecule has 0 fully saturated rings. The third kappa shape index (κ3) is 1.76. The number of imidazole rings is 1. The third-order valence-corrected chi connectivity index (χ3v) is 3.23. The van der Waals surface area contributed by atoms with E-state index in [2.05, 4.69) is 9.97 Å². The zero-order valence-corrected chi connectivity index (χ0v) is 10.3. The summed E-state index contributed by atoms with van der Waals surface area (Å²) in [5.41, 5.74) is 1.32. The summed E-state index contributed by atoms with van der Waals surface area (Å²) in [7, 11) is 0.